The van der Waals surface area contributed by atoms with E-state index < -0.39 is 0 Å². The van der Waals surface area contributed by atoms with E-state index >= 15 is 0 Å². The minimum atomic E-state index is -0.282. The maximum atomic E-state index is 12.3. The van der Waals surface area contributed by atoms with E-state index in [1.807, 2.05) is 31.2 Å². The SMILES string of the molecule is CCOC(=O)Cc1c(-c2ccc(Cl)cc2)cc(N2CCCCC2)c(C#N)c1C. The van der Waals surface area contributed by atoms with Gasteiger partial charge in [0.1, 0.15) is 6.07 Å². The lowest BCUT2D eigenvalue weighted by atomic mass is 9.89. The van der Waals surface area contributed by atoms with Crippen molar-refractivity contribution in [2.45, 2.75) is 39.5 Å². The molecule has 0 N–H and O–H groups in total. The van der Waals surface area contributed by atoms with E-state index in [0.717, 1.165) is 53.9 Å². The molecule has 1 saturated heterocycles. The lowest BCUT2D eigenvalue weighted by Gasteiger charge is -2.31. The molecule has 0 spiro atoms. The summed E-state index contributed by atoms with van der Waals surface area (Å²) in [4.78, 5) is 14.5. The molecule has 0 atom stereocenters. The van der Waals surface area contributed by atoms with Crippen LogP contribution in [0.15, 0.2) is 30.3 Å². The average molecular weight is 397 g/mol. The van der Waals surface area contributed by atoms with Crippen LogP contribution in [0.4, 0.5) is 5.69 Å². The number of anilines is 1. The molecule has 0 bridgehead atoms. The maximum Gasteiger partial charge on any atom is 0.310 e. The number of halogens is 1. The first-order valence-electron chi connectivity index (χ1n) is 9.78. The van der Waals surface area contributed by atoms with Crippen LogP contribution >= 0.6 is 11.6 Å². The van der Waals surface area contributed by atoms with E-state index in [1.165, 1.54) is 6.42 Å². The fraction of sp³-hybridized carbons (Fsp3) is 0.391. The Morgan fingerprint density at radius 2 is 1.89 bits per heavy atom. The lowest BCUT2D eigenvalue weighted by molar-refractivity contribution is -0.142. The van der Waals surface area contributed by atoms with Crippen molar-refractivity contribution in [3.05, 3.63) is 52.0 Å². The Bertz CT molecular complexity index is 894. The third-order valence-electron chi connectivity index (χ3n) is 5.28. The standard InChI is InChI=1S/C23H25ClN2O2/c1-3-28-23(27)14-19-16(2)21(15-25)22(26-11-5-4-6-12-26)13-20(19)17-7-9-18(24)10-8-17/h7-10,13H,3-6,11-12,14H2,1-2H3. The Kier molecular flexibility index (Phi) is 6.59. The predicted molar refractivity (Wildman–Crippen MR) is 113 cm³/mol. The van der Waals surface area contributed by atoms with E-state index in [0.29, 0.717) is 17.2 Å². The number of rotatable bonds is 5. The van der Waals surface area contributed by atoms with Gasteiger partial charge in [0.25, 0.3) is 0 Å². The molecule has 146 valence electrons. The van der Waals surface area contributed by atoms with Gasteiger partial charge in [0.15, 0.2) is 0 Å². The van der Waals surface area contributed by atoms with E-state index in [1.54, 1.807) is 6.92 Å². The molecule has 1 aliphatic heterocycles. The second-order valence-corrected chi connectivity index (χ2v) is 7.51. The first kappa shape index (κ1) is 20.2. The number of nitriles is 1. The normalized spacial score (nSPS) is 13.9. The van der Waals surface area contributed by atoms with Crippen molar-refractivity contribution in [1.29, 1.82) is 5.26 Å². The molecule has 1 fully saturated rings. The van der Waals surface area contributed by atoms with Gasteiger partial charge in [0, 0.05) is 18.1 Å². The van der Waals surface area contributed by atoms with Crippen molar-refractivity contribution >= 4 is 23.3 Å². The molecule has 2 aromatic carbocycles. The molecule has 3 rings (SSSR count). The zero-order chi connectivity index (χ0) is 20.1. The van der Waals surface area contributed by atoms with Crippen molar-refractivity contribution < 1.29 is 9.53 Å². The van der Waals surface area contributed by atoms with Crippen molar-refractivity contribution in [2.75, 3.05) is 24.6 Å². The molecule has 1 aliphatic rings. The zero-order valence-corrected chi connectivity index (χ0v) is 17.2. The smallest absolute Gasteiger partial charge is 0.310 e. The average Bonchev–Trinajstić information content (AvgIpc) is 2.71. The van der Waals surface area contributed by atoms with Crippen LogP contribution in [0.25, 0.3) is 11.1 Å². The Labute approximate surface area is 171 Å². The number of esters is 1. The van der Waals surface area contributed by atoms with Crippen molar-refractivity contribution in [3.8, 4) is 17.2 Å². The molecule has 28 heavy (non-hydrogen) atoms. The van der Waals surface area contributed by atoms with Gasteiger partial charge < -0.3 is 9.64 Å². The Morgan fingerprint density at radius 1 is 1.21 bits per heavy atom. The molecule has 0 radical (unpaired) electrons. The summed E-state index contributed by atoms with van der Waals surface area (Å²) in [7, 11) is 0. The largest absolute Gasteiger partial charge is 0.466 e. The molecular formula is C23H25ClN2O2. The third kappa shape index (κ3) is 4.31. The summed E-state index contributed by atoms with van der Waals surface area (Å²) in [6, 6.07) is 12.0. The van der Waals surface area contributed by atoms with E-state index in [2.05, 4.69) is 17.0 Å². The number of benzene rings is 2. The number of piperidine rings is 1. The van der Waals surface area contributed by atoms with Gasteiger partial charge in [0.2, 0.25) is 0 Å². The number of hydrogen-bond acceptors (Lipinski definition) is 4. The number of carbonyl (C=O) groups excluding carboxylic acids is 1. The Hall–Kier alpha value is -2.51. The van der Waals surface area contributed by atoms with Gasteiger partial charge in [0.05, 0.1) is 24.3 Å². The fourth-order valence-electron chi connectivity index (χ4n) is 3.84. The van der Waals surface area contributed by atoms with Crippen LogP contribution in [-0.2, 0) is 16.0 Å². The highest BCUT2D eigenvalue weighted by Gasteiger charge is 2.23. The van der Waals surface area contributed by atoms with Crippen LogP contribution in [-0.4, -0.2) is 25.7 Å². The third-order valence-corrected chi connectivity index (χ3v) is 5.53. The molecule has 0 saturated carbocycles. The minimum absolute atomic E-state index is 0.145. The molecular weight excluding hydrogens is 372 g/mol. The summed E-state index contributed by atoms with van der Waals surface area (Å²) in [6.45, 7) is 5.97. The van der Waals surface area contributed by atoms with Crippen LogP contribution < -0.4 is 4.90 Å². The summed E-state index contributed by atoms with van der Waals surface area (Å²) < 4.78 is 5.18. The van der Waals surface area contributed by atoms with Crippen LogP contribution in [0.3, 0.4) is 0 Å². The molecule has 5 heteroatoms. The van der Waals surface area contributed by atoms with Gasteiger partial charge in [-0.05, 0) is 73.6 Å². The number of carbonyl (C=O) groups is 1. The summed E-state index contributed by atoms with van der Waals surface area (Å²) in [5.41, 5.74) is 5.24. The molecule has 1 heterocycles. The van der Waals surface area contributed by atoms with E-state index in [4.69, 9.17) is 16.3 Å². The van der Waals surface area contributed by atoms with Gasteiger partial charge in [-0.1, -0.05) is 23.7 Å². The predicted octanol–water partition coefficient (Wildman–Crippen LogP) is 5.28. The van der Waals surface area contributed by atoms with Gasteiger partial charge in [-0.3, -0.25) is 4.79 Å². The number of hydrogen-bond donors (Lipinski definition) is 0. The highest BCUT2D eigenvalue weighted by atomic mass is 35.5. The first-order chi connectivity index (χ1) is 13.5. The minimum Gasteiger partial charge on any atom is -0.466 e. The van der Waals surface area contributed by atoms with Crippen molar-refractivity contribution in [2.24, 2.45) is 0 Å². The van der Waals surface area contributed by atoms with Crippen molar-refractivity contribution in [3.63, 3.8) is 0 Å². The monoisotopic (exact) mass is 396 g/mol. The van der Waals surface area contributed by atoms with Crippen LogP contribution in [0.1, 0.15) is 42.9 Å². The molecule has 0 aromatic heterocycles. The maximum absolute atomic E-state index is 12.3. The quantitative estimate of drug-likeness (QED) is 0.645. The Balaban J connectivity index is 2.17. The lowest BCUT2D eigenvalue weighted by Crippen LogP contribution is -2.30. The summed E-state index contributed by atoms with van der Waals surface area (Å²) >= 11 is 6.07. The van der Waals surface area contributed by atoms with Crippen molar-refractivity contribution in [1.82, 2.24) is 0 Å². The second-order valence-electron chi connectivity index (χ2n) is 7.07. The molecule has 0 unspecified atom stereocenters. The molecule has 0 amide bonds. The number of nitrogens with zero attached hydrogens (tertiary/aromatic N) is 2. The van der Waals surface area contributed by atoms with Gasteiger partial charge >= 0.3 is 5.97 Å². The molecule has 4 nitrogen and oxygen atoms in total. The van der Waals surface area contributed by atoms with Gasteiger partial charge in [-0.2, -0.15) is 5.26 Å². The zero-order valence-electron chi connectivity index (χ0n) is 16.4. The van der Waals surface area contributed by atoms with Crippen LogP contribution in [0.2, 0.25) is 5.02 Å². The summed E-state index contributed by atoms with van der Waals surface area (Å²) in [5.74, 6) is -0.282. The molecule has 0 aliphatic carbocycles. The highest BCUT2D eigenvalue weighted by molar-refractivity contribution is 6.30. The molecule has 2 aromatic rings. The second kappa shape index (κ2) is 9.12. The van der Waals surface area contributed by atoms with E-state index in [-0.39, 0.29) is 12.4 Å². The highest BCUT2D eigenvalue weighted by Crippen LogP contribution is 2.37. The first-order valence-corrected chi connectivity index (χ1v) is 10.2. The van der Waals surface area contributed by atoms with Gasteiger partial charge in [-0.15, -0.1) is 0 Å². The summed E-state index contributed by atoms with van der Waals surface area (Å²) in [5, 5.41) is 10.5. The topological polar surface area (TPSA) is 53.3 Å². The van der Waals surface area contributed by atoms with Crippen LogP contribution in [0.5, 0.6) is 0 Å². The number of ether oxygens (including phenoxy) is 1. The van der Waals surface area contributed by atoms with Crippen LogP contribution in [0, 0.1) is 18.3 Å². The van der Waals surface area contributed by atoms with E-state index in [9.17, 15) is 10.1 Å². The Morgan fingerprint density at radius 3 is 2.50 bits per heavy atom. The van der Waals surface area contributed by atoms with Gasteiger partial charge in [-0.25, -0.2) is 0 Å². The summed E-state index contributed by atoms with van der Waals surface area (Å²) in [6.07, 6.45) is 3.63. The fourth-order valence-corrected chi connectivity index (χ4v) is 3.96.